The molecule has 0 spiro atoms. The minimum Gasteiger partial charge on any atom is -0.367 e. The number of nitrogens with one attached hydrogen (secondary N) is 2. The number of alkyl halides is 2. The van der Waals surface area contributed by atoms with Crippen molar-refractivity contribution in [2.24, 2.45) is 5.92 Å². The number of amides is 1. The fourth-order valence-electron chi connectivity index (χ4n) is 4.27. The van der Waals surface area contributed by atoms with E-state index in [1.165, 1.54) is 6.07 Å². The van der Waals surface area contributed by atoms with E-state index >= 15 is 0 Å². The quantitative estimate of drug-likeness (QED) is 0.253. The van der Waals surface area contributed by atoms with E-state index in [9.17, 15) is 22.0 Å². The van der Waals surface area contributed by atoms with Gasteiger partial charge in [-0.25, -0.2) is 27.2 Å². The second-order valence-electron chi connectivity index (χ2n) is 9.42. The largest absolute Gasteiger partial charge is 0.367 e. The highest BCUT2D eigenvalue weighted by molar-refractivity contribution is 14.2. The zero-order valence-corrected chi connectivity index (χ0v) is 24.0. The average molecular weight is 663 g/mol. The van der Waals surface area contributed by atoms with Gasteiger partial charge in [-0.15, -0.1) is 0 Å². The van der Waals surface area contributed by atoms with Crippen molar-refractivity contribution in [1.29, 1.82) is 0 Å². The molecule has 9 nitrogen and oxygen atoms in total. The maximum Gasteiger partial charge on any atom is 0.271 e. The van der Waals surface area contributed by atoms with Crippen LogP contribution in [0.5, 0.6) is 0 Å². The van der Waals surface area contributed by atoms with Gasteiger partial charge in [-0.05, 0) is 65.9 Å². The number of imidazole rings is 1. The number of hydrogen-bond donors (Lipinski definition) is 2. The van der Waals surface area contributed by atoms with Crippen molar-refractivity contribution in [2.75, 3.05) is 23.5 Å². The van der Waals surface area contributed by atoms with Crippen LogP contribution in [0.2, 0.25) is 0 Å². The fraction of sp³-hybridized carbons (Fsp3) is 0.435. The van der Waals surface area contributed by atoms with Crippen molar-refractivity contribution in [2.45, 2.75) is 49.5 Å². The number of hydrogen-bond acceptors (Lipinski definition) is 7. The SMILES string of the molecule is Cc1nc2c(Nc3ccc([C@H]4CCC(F)(F)CO4)cc3S(C)(=O)=O)cc(NC(=O)C3CC3)nc2n1PI. The first-order valence-electron chi connectivity index (χ1n) is 11.6. The molecule has 0 bridgehead atoms. The number of aryl methyl sites for hydroxylation is 1. The van der Waals surface area contributed by atoms with Gasteiger partial charge in [0.1, 0.15) is 23.8 Å². The Morgan fingerprint density at radius 1 is 1.22 bits per heavy atom. The molecule has 2 atom stereocenters. The number of benzene rings is 1. The predicted octanol–water partition coefficient (Wildman–Crippen LogP) is 5.51. The first-order valence-corrected chi connectivity index (χ1v) is 17.6. The van der Waals surface area contributed by atoms with Gasteiger partial charge in [0.15, 0.2) is 15.5 Å². The van der Waals surface area contributed by atoms with Gasteiger partial charge in [0.2, 0.25) is 5.91 Å². The number of carbonyl (C=O) groups is 1. The van der Waals surface area contributed by atoms with Crippen molar-refractivity contribution >= 4 is 72.5 Å². The third kappa shape index (κ3) is 5.74. The van der Waals surface area contributed by atoms with E-state index in [1.807, 2.05) is 11.3 Å². The van der Waals surface area contributed by atoms with Gasteiger partial charge in [-0.2, -0.15) is 0 Å². The number of fused-ring (bicyclic) bond motifs is 1. The van der Waals surface area contributed by atoms with E-state index in [-0.39, 0.29) is 29.6 Å². The standard InChI is InChI=1S/C23H25F2IN5O4PS/c1-12-27-20-16(10-19(29-21(20)31(12)36-26)30-22(32)13-3-4-13)28-15-6-5-14(9-18(15)37(2,33)34)17-7-8-23(24,25)11-35-17/h5-6,9-10,13,17,36H,3-4,7-8,11H2,1-2H3,(H2,28,29,30,32)/t17-/m1/s1. The molecule has 2 aromatic heterocycles. The van der Waals surface area contributed by atoms with Gasteiger partial charge in [0.25, 0.3) is 5.92 Å². The molecule has 1 saturated heterocycles. The summed E-state index contributed by atoms with van der Waals surface area (Å²) >= 11 is 2.22. The summed E-state index contributed by atoms with van der Waals surface area (Å²) in [6.45, 7) is 1.15. The summed E-state index contributed by atoms with van der Waals surface area (Å²) in [4.78, 5) is 21.7. The lowest BCUT2D eigenvalue weighted by molar-refractivity contribution is -0.145. The number of nitrogens with zero attached hydrogens (tertiary/aromatic N) is 3. The zero-order chi connectivity index (χ0) is 26.5. The highest BCUT2D eigenvalue weighted by Gasteiger charge is 2.37. The molecule has 2 N–H and O–H groups in total. The summed E-state index contributed by atoms with van der Waals surface area (Å²) < 4.78 is 59.9. The Labute approximate surface area is 227 Å². The molecule has 5 rings (SSSR count). The van der Waals surface area contributed by atoms with Crippen LogP contribution in [0.4, 0.5) is 26.0 Å². The van der Waals surface area contributed by atoms with Crippen LogP contribution in [-0.2, 0) is 19.4 Å². The summed E-state index contributed by atoms with van der Waals surface area (Å²) in [5, 5.41) is 6.04. The van der Waals surface area contributed by atoms with Gasteiger partial charge in [0, 0.05) is 24.7 Å². The Morgan fingerprint density at radius 3 is 2.59 bits per heavy atom. The Bertz CT molecular complexity index is 1490. The summed E-state index contributed by atoms with van der Waals surface area (Å²) in [6, 6.07) is 6.38. The van der Waals surface area contributed by atoms with E-state index in [2.05, 4.69) is 42.6 Å². The first-order chi connectivity index (χ1) is 17.4. The molecule has 2 fully saturated rings. The van der Waals surface area contributed by atoms with Crippen molar-refractivity contribution in [3.8, 4) is 0 Å². The Balaban J connectivity index is 1.54. The van der Waals surface area contributed by atoms with Crippen LogP contribution >= 0.6 is 28.4 Å². The Kier molecular flexibility index (Phi) is 7.18. The van der Waals surface area contributed by atoms with Crippen molar-refractivity contribution in [3.05, 3.63) is 35.7 Å². The molecule has 1 aromatic carbocycles. The van der Waals surface area contributed by atoms with Crippen molar-refractivity contribution in [3.63, 3.8) is 0 Å². The lowest BCUT2D eigenvalue weighted by Gasteiger charge is -2.29. The van der Waals surface area contributed by atoms with Crippen molar-refractivity contribution in [1.82, 2.24) is 14.3 Å². The van der Waals surface area contributed by atoms with Crippen LogP contribution in [0.3, 0.4) is 0 Å². The first kappa shape index (κ1) is 26.6. The van der Waals surface area contributed by atoms with E-state index in [4.69, 9.17) is 4.74 Å². The molecule has 3 heterocycles. The molecular weight excluding hydrogens is 638 g/mol. The van der Waals surface area contributed by atoms with Crippen LogP contribution in [0.15, 0.2) is 29.2 Å². The zero-order valence-electron chi connectivity index (χ0n) is 20.0. The molecular formula is C23H25F2IN5O4PS. The molecule has 3 aromatic rings. The molecule has 14 heteroatoms. The summed E-state index contributed by atoms with van der Waals surface area (Å²) in [5.41, 5.74) is 2.40. The number of ether oxygens (including phenoxy) is 1. The normalized spacial score (nSPS) is 20.0. The molecule has 1 aliphatic carbocycles. The smallest absolute Gasteiger partial charge is 0.271 e. The van der Waals surface area contributed by atoms with Crippen LogP contribution in [0, 0.1) is 12.8 Å². The van der Waals surface area contributed by atoms with E-state index in [0.29, 0.717) is 40.3 Å². The number of carbonyl (C=O) groups excluding carboxylic acids is 1. The second-order valence-corrected chi connectivity index (χ2v) is 13.5. The minimum atomic E-state index is -3.71. The average Bonchev–Trinajstić information content (AvgIpc) is 3.62. The molecule has 1 unspecified atom stereocenters. The van der Waals surface area contributed by atoms with Crippen LogP contribution < -0.4 is 10.6 Å². The molecule has 1 amide bonds. The highest BCUT2D eigenvalue weighted by Crippen LogP contribution is 2.40. The maximum absolute atomic E-state index is 13.5. The molecule has 1 saturated carbocycles. The van der Waals surface area contributed by atoms with Crippen LogP contribution in [-0.4, -0.2) is 47.4 Å². The second kappa shape index (κ2) is 9.97. The lowest BCUT2D eigenvalue weighted by atomic mass is 9.99. The minimum absolute atomic E-state index is 0.00591. The molecule has 2 aliphatic rings. The Hall–Kier alpha value is -1.96. The third-order valence-electron chi connectivity index (χ3n) is 6.38. The number of rotatable bonds is 7. The van der Waals surface area contributed by atoms with E-state index in [1.54, 1.807) is 18.2 Å². The van der Waals surface area contributed by atoms with Crippen LogP contribution in [0.1, 0.15) is 43.2 Å². The van der Waals surface area contributed by atoms with Gasteiger partial charge in [-0.1, -0.05) is 6.07 Å². The van der Waals surface area contributed by atoms with E-state index < -0.39 is 28.5 Å². The number of pyridine rings is 1. The summed E-state index contributed by atoms with van der Waals surface area (Å²) in [5.74, 6) is -1.92. The molecule has 198 valence electrons. The number of sulfone groups is 1. The third-order valence-corrected chi connectivity index (χ3v) is 9.67. The molecule has 37 heavy (non-hydrogen) atoms. The molecule has 0 radical (unpaired) electrons. The van der Waals surface area contributed by atoms with Gasteiger partial charge >= 0.3 is 0 Å². The Morgan fingerprint density at radius 2 is 1.97 bits per heavy atom. The fourth-order valence-corrected chi connectivity index (χ4v) is 7.28. The number of anilines is 3. The summed E-state index contributed by atoms with van der Waals surface area (Å²) in [6.07, 6.45) is 2.24. The summed E-state index contributed by atoms with van der Waals surface area (Å²) in [7, 11) is -3.71. The topological polar surface area (TPSA) is 115 Å². The van der Waals surface area contributed by atoms with Gasteiger partial charge < -0.3 is 15.4 Å². The highest BCUT2D eigenvalue weighted by atomic mass is 127. The number of halogens is 3. The van der Waals surface area contributed by atoms with Gasteiger partial charge in [0.05, 0.1) is 28.7 Å². The van der Waals surface area contributed by atoms with Crippen molar-refractivity contribution < 1.29 is 26.7 Å². The van der Waals surface area contributed by atoms with E-state index in [0.717, 1.165) is 24.9 Å². The van der Waals surface area contributed by atoms with Crippen LogP contribution in [0.25, 0.3) is 11.2 Å². The lowest BCUT2D eigenvalue weighted by Crippen LogP contribution is -2.31. The molecule has 1 aliphatic heterocycles. The maximum atomic E-state index is 13.5. The van der Waals surface area contributed by atoms with Gasteiger partial charge in [-0.3, -0.25) is 9.13 Å². The predicted molar refractivity (Wildman–Crippen MR) is 147 cm³/mol. The monoisotopic (exact) mass is 663 g/mol. The number of aromatic nitrogens is 3.